The van der Waals surface area contributed by atoms with E-state index in [1.54, 1.807) is 39.0 Å². The lowest BCUT2D eigenvalue weighted by Crippen LogP contribution is -2.25. The van der Waals surface area contributed by atoms with Crippen LogP contribution in [0, 0.1) is 5.41 Å². The summed E-state index contributed by atoms with van der Waals surface area (Å²) in [5, 5.41) is 9.40. The second kappa shape index (κ2) is 7.22. The maximum Gasteiger partial charge on any atom is 0.316 e. The average molecular weight is 294 g/mol. The number of benzene rings is 1. The van der Waals surface area contributed by atoms with E-state index in [9.17, 15) is 14.7 Å². The quantitative estimate of drug-likeness (QED) is 0.666. The van der Waals surface area contributed by atoms with Gasteiger partial charge in [-0.2, -0.15) is 0 Å². The topological polar surface area (TPSA) is 72.8 Å². The van der Waals surface area contributed by atoms with Crippen molar-refractivity contribution in [1.82, 2.24) is 0 Å². The number of methoxy groups -OCH3 is 1. The van der Waals surface area contributed by atoms with E-state index in [-0.39, 0.29) is 25.0 Å². The maximum absolute atomic E-state index is 11.8. The highest BCUT2D eigenvalue weighted by atomic mass is 16.5. The van der Waals surface area contributed by atoms with Gasteiger partial charge in [-0.05, 0) is 50.5 Å². The van der Waals surface area contributed by atoms with Crippen LogP contribution in [0.15, 0.2) is 18.2 Å². The zero-order valence-corrected chi connectivity index (χ0v) is 12.9. The summed E-state index contributed by atoms with van der Waals surface area (Å²) in [6, 6.07) is 5.03. The van der Waals surface area contributed by atoms with Crippen molar-refractivity contribution < 1.29 is 24.2 Å². The monoisotopic (exact) mass is 294 g/mol. The van der Waals surface area contributed by atoms with Crippen molar-refractivity contribution in [3.8, 4) is 5.75 Å². The highest BCUT2D eigenvalue weighted by molar-refractivity contribution is 5.77. The van der Waals surface area contributed by atoms with Gasteiger partial charge in [0.1, 0.15) is 5.75 Å². The average Bonchev–Trinajstić information content (AvgIpc) is 2.44. The summed E-state index contributed by atoms with van der Waals surface area (Å²) in [5.74, 6) is -0.253. The van der Waals surface area contributed by atoms with Gasteiger partial charge in [0.05, 0.1) is 19.1 Å². The lowest BCUT2D eigenvalue weighted by Gasteiger charge is -2.17. The van der Waals surface area contributed by atoms with Crippen LogP contribution in [0.1, 0.15) is 38.3 Å². The summed E-state index contributed by atoms with van der Waals surface area (Å²) in [7, 11) is 1.34. The Morgan fingerprint density at radius 1 is 1.19 bits per heavy atom. The van der Waals surface area contributed by atoms with E-state index in [1.807, 2.05) is 0 Å². The number of ether oxygens (including phenoxy) is 2. The minimum Gasteiger partial charge on any atom is -0.469 e. The van der Waals surface area contributed by atoms with Gasteiger partial charge in [-0.3, -0.25) is 9.59 Å². The number of carbonyl (C=O) groups is 2. The Hall–Kier alpha value is -1.88. The molecular weight excluding hydrogens is 272 g/mol. The first-order valence-corrected chi connectivity index (χ1v) is 6.79. The minimum absolute atomic E-state index is 0.183. The standard InChI is InChI=1S/C16H22O5/c1-16(2,3)15(19)21-13-7-5-11(12(9-13)10-17)6-8-14(18)20-4/h5,7,9,17H,6,8,10H2,1-4H3. The fourth-order valence-electron chi connectivity index (χ4n) is 1.66. The molecule has 0 aliphatic heterocycles. The van der Waals surface area contributed by atoms with Crippen LogP contribution in [-0.2, 0) is 27.4 Å². The molecule has 1 aromatic carbocycles. The van der Waals surface area contributed by atoms with Crippen LogP contribution in [0.4, 0.5) is 0 Å². The number of esters is 2. The van der Waals surface area contributed by atoms with Gasteiger partial charge >= 0.3 is 11.9 Å². The first-order chi connectivity index (χ1) is 9.77. The van der Waals surface area contributed by atoms with Gasteiger partial charge in [0.2, 0.25) is 0 Å². The van der Waals surface area contributed by atoms with Gasteiger partial charge in [-0.1, -0.05) is 6.07 Å². The van der Waals surface area contributed by atoms with Crippen LogP contribution >= 0.6 is 0 Å². The Morgan fingerprint density at radius 2 is 1.86 bits per heavy atom. The van der Waals surface area contributed by atoms with E-state index < -0.39 is 5.41 Å². The molecule has 0 unspecified atom stereocenters. The summed E-state index contributed by atoms with van der Waals surface area (Å²) in [5.41, 5.74) is 0.875. The summed E-state index contributed by atoms with van der Waals surface area (Å²) >= 11 is 0. The van der Waals surface area contributed by atoms with Crippen molar-refractivity contribution >= 4 is 11.9 Å². The van der Waals surface area contributed by atoms with Gasteiger partial charge < -0.3 is 14.6 Å². The van der Waals surface area contributed by atoms with Gasteiger partial charge in [0.25, 0.3) is 0 Å². The SMILES string of the molecule is COC(=O)CCc1ccc(OC(=O)C(C)(C)C)cc1CO. The van der Waals surface area contributed by atoms with Crippen LogP contribution in [0.25, 0.3) is 0 Å². The van der Waals surface area contributed by atoms with Crippen molar-refractivity contribution in [1.29, 1.82) is 0 Å². The van der Waals surface area contributed by atoms with Crippen LogP contribution in [0.5, 0.6) is 5.75 Å². The normalized spacial score (nSPS) is 11.1. The highest BCUT2D eigenvalue weighted by Gasteiger charge is 2.23. The van der Waals surface area contributed by atoms with E-state index in [1.165, 1.54) is 7.11 Å². The molecule has 0 aromatic heterocycles. The third-order valence-corrected chi connectivity index (χ3v) is 3.00. The molecule has 1 rings (SSSR count). The van der Waals surface area contributed by atoms with Crippen LogP contribution < -0.4 is 4.74 Å². The minimum atomic E-state index is -0.594. The van der Waals surface area contributed by atoms with Crippen LogP contribution in [-0.4, -0.2) is 24.2 Å². The van der Waals surface area contributed by atoms with Gasteiger partial charge in [-0.25, -0.2) is 0 Å². The number of carbonyl (C=O) groups excluding carboxylic acids is 2. The zero-order valence-electron chi connectivity index (χ0n) is 12.9. The number of hydrogen-bond donors (Lipinski definition) is 1. The molecule has 0 atom stereocenters. The van der Waals surface area contributed by atoms with Crippen LogP contribution in [0.3, 0.4) is 0 Å². The maximum atomic E-state index is 11.8. The van der Waals surface area contributed by atoms with E-state index in [4.69, 9.17) is 4.74 Å². The summed E-state index contributed by atoms with van der Waals surface area (Å²) < 4.78 is 9.87. The number of aliphatic hydroxyl groups excluding tert-OH is 1. The molecule has 0 radical (unpaired) electrons. The van der Waals surface area contributed by atoms with E-state index >= 15 is 0 Å². The second-order valence-corrected chi connectivity index (χ2v) is 5.80. The Balaban J connectivity index is 2.83. The number of aliphatic hydroxyl groups is 1. The van der Waals surface area contributed by atoms with Crippen molar-refractivity contribution in [2.75, 3.05) is 7.11 Å². The number of aryl methyl sites for hydroxylation is 1. The third kappa shape index (κ3) is 5.19. The second-order valence-electron chi connectivity index (χ2n) is 5.80. The van der Waals surface area contributed by atoms with Crippen LogP contribution in [0.2, 0.25) is 0 Å². The van der Waals surface area contributed by atoms with Crippen molar-refractivity contribution in [2.45, 2.75) is 40.2 Å². The molecule has 1 N–H and O–H groups in total. The summed E-state index contributed by atoms with van der Waals surface area (Å²) in [6.07, 6.45) is 0.709. The Kier molecular flexibility index (Phi) is 5.90. The fourth-order valence-corrected chi connectivity index (χ4v) is 1.66. The zero-order chi connectivity index (χ0) is 16.0. The lowest BCUT2D eigenvalue weighted by atomic mass is 9.97. The summed E-state index contributed by atoms with van der Waals surface area (Å²) in [4.78, 5) is 23.0. The molecule has 116 valence electrons. The van der Waals surface area contributed by atoms with Gasteiger partial charge in [-0.15, -0.1) is 0 Å². The molecule has 0 amide bonds. The molecule has 0 heterocycles. The molecule has 0 aliphatic carbocycles. The molecule has 5 nitrogen and oxygen atoms in total. The first kappa shape index (κ1) is 17.2. The van der Waals surface area contributed by atoms with Gasteiger partial charge in [0, 0.05) is 6.42 Å². The Labute approximate surface area is 124 Å². The van der Waals surface area contributed by atoms with Crippen molar-refractivity contribution in [3.05, 3.63) is 29.3 Å². The fraction of sp³-hybridized carbons (Fsp3) is 0.500. The van der Waals surface area contributed by atoms with E-state index in [0.29, 0.717) is 17.7 Å². The van der Waals surface area contributed by atoms with E-state index in [2.05, 4.69) is 4.74 Å². The van der Waals surface area contributed by atoms with Gasteiger partial charge in [0.15, 0.2) is 0 Å². The first-order valence-electron chi connectivity index (χ1n) is 6.79. The molecule has 5 heteroatoms. The largest absolute Gasteiger partial charge is 0.469 e. The molecule has 0 aliphatic rings. The number of hydrogen-bond acceptors (Lipinski definition) is 5. The Morgan fingerprint density at radius 3 is 2.38 bits per heavy atom. The molecule has 0 saturated heterocycles. The van der Waals surface area contributed by atoms with Crippen molar-refractivity contribution in [3.63, 3.8) is 0 Å². The smallest absolute Gasteiger partial charge is 0.316 e. The number of rotatable bonds is 5. The molecule has 21 heavy (non-hydrogen) atoms. The Bertz CT molecular complexity index is 514. The molecule has 0 fully saturated rings. The highest BCUT2D eigenvalue weighted by Crippen LogP contribution is 2.23. The predicted octanol–water partition coefficient (Wildman–Crippen LogP) is 2.24. The molecule has 0 saturated carbocycles. The lowest BCUT2D eigenvalue weighted by molar-refractivity contribution is -0.143. The molecule has 0 bridgehead atoms. The summed E-state index contributed by atoms with van der Waals surface area (Å²) in [6.45, 7) is 5.13. The molecule has 0 spiro atoms. The third-order valence-electron chi connectivity index (χ3n) is 3.00. The van der Waals surface area contributed by atoms with Crippen molar-refractivity contribution in [2.24, 2.45) is 5.41 Å². The predicted molar refractivity (Wildman–Crippen MR) is 77.8 cm³/mol. The molecule has 1 aromatic rings. The van der Waals surface area contributed by atoms with E-state index in [0.717, 1.165) is 5.56 Å². The molecular formula is C16H22O5.